The summed E-state index contributed by atoms with van der Waals surface area (Å²) in [6.07, 6.45) is 0. The van der Waals surface area contributed by atoms with Gasteiger partial charge in [-0.15, -0.1) is 0 Å². The van der Waals surface area contributed by atoms with E-state index in [2.05, 4.69) is 0 Å². The zero-order valence-electron chi connectivity index (χ0n) is 38.3. The number of hydrogen-bond acceptors (Lipinski definition) is 1. The highest BCUT2D eigenvalue weighted by molar-refractivity contribution is 6.31. The third-order valence-corrected chi connectivity index (χ3v) is 8.56. The van der Waals surface area contributed by atoms with Gasteiger partial charge in [-0.2, -0.15) is 0 Å². The second-order valence-electron chi connectivity index (χ2n) is 10.9. The van der Waals surface area contributed by atoms with Crippen molar-refractivity contribution in [2.45, 2.75) is 0 Å². The normalized spacial score (nSPS) is 16.7. The van der Waals surface area contributed by atoms with Crippen LogP contribution in [0.3, 0.4) is 0 Å². The van der Waals surface area contributed by atoms with Crippen LogP contribution >= 0.6 is 0 Å². The highest BCUT2D eigenvalue weighted by Crippen LogP contribution is 2.50. The molecule has 0 unspecified atom stereocenters. The van der Waals surface area contributed by atoms with Crippen LogP contribution in [0.15, 0.2) is 162 Å². The summed E-state index contributed by atoms with van der Waals surface area (Å²) in [5, 5.41) is 2.14. The summed E-state index contributed by atoms with van der Waals surface area (Å²) in [6.45, 7) is 0. The molecule has 0 radical (unpaired) electrons. The minimum atomic E-state index is -0.762. The summed E-state index contributed by atoms with van der Waals surface area (Å²) in [4.78, 5) is 0. The molecule has 1 heterocycles. The van der Waals surface area contributed by atoms with Gasteiger partial charge in [-0.1, -0.05) is 145 Å². The molecule has 0 N–H and O–H groups in total. The van der Waals surface area contributed by atoms with Crippen molar-refractivity contribution >= 4 is 75.8 Å². The summed E-state index contributed by atoms with van der Waals surface area (Å²) in [5.41, 5.74) is 0.457. The SMILES string of the molecule is [2H]c1c([2H])c([2H])c2c(-c3c4c([2H])c([2H])c([2H])c([2H])c4c(-c4c5ccccc5cc5oc6c7ccccc7ccc6c45)c4c([2H])c([2H])c([2H])c([2H])c34)c([2H])c([2H])c([2H])c2c1[2H]. The van der Waals surface area contributed by atoms with Crippen molar-refractivity contribution in [1.29, 1.82) is 0 Å². The van der Waals surface area contributed by atoms with Crippen LogP contribution < -0.4 is 0 Å². The second kappa shape index (κ2) is 9.29. The van der Waals surface area contributed by atoms with Crippen LogP contribution in [0, 0.1) is 0 Å². The number of benzene rings is 9. The van der Waals surface area contributed by atoms with Gasteiger partial charge in [-0.25, -0.2) is 0 Å². The summed E-state index contributed by atoms with van der Waals surface area (Å²) in [6, 6.07) is 10.2. The molecular formula is C44H26O. The first-order chi connectivity index (χ1) is 28.6. The van der Waals surface area contributed by atoms with Crippen molar-refractivity contribution in [1.82, 2.24) is 0 Å². The number of hydrogen-bond donors (Lipinski definition) is 0. The van der Waals surface area contributed by atoms with E-state index in [0.717, 1.165) is 10.8 Å². The van der Waals surface area contributed by atoms with Gasteiger partial charge in [0.1, 0.15) is 11.2 Å². The molecule has 45 heavy (non-hydrogen) atoms. The average molecular weight is 586 g/mol. The van der Waals surface area contributed by atoms with E-state index in [4.69, 9.17) is 18.1 Å². The van der Waals surface area contributed by atoms with E-state index in [1.165, 1.54) is 0 Å². The van der Waals surface area contributed by atoms with Crippen LogP contribution in [0.25, 0.3) is 98.1 Å². The van der Waals surface area contributed by atoms with Gasteiger partial charge < -0.3 is 4.42 Å². The molecule has 10 aromatic rings. The second-order valence-corrected chi connectivity index (χ2v) is 10.9. The molecule has 0 amide bonds. The zero-order valence-corrected chi connectivity index (χ0v) is 23.3. The van der Waals surface area contributed by atoms with Crippen LogP contribution in [0.2, 0.25) is 0 Å². The van der Waals surface area contributed by atoms with E-state index in [1.807, 2.05) is 54.6 Å². The first-order valence-corrected chi connectivity index (χ1v) is 14.3. The van der Waals surface area contributed by atoms with Crippen molar-refractivity contribution in [3.63, 3.8) is 0 Å². The van der Waals surface area contributed by atoms with E-state index in [9.17, 15) is 6.85 Å². The third-order valence-electron chi connectivity index (χ3n) is 8.56. The first kappa shape index (κ1) is 14.2. The average Bonchev–Trinajstić information content (AvgIpc) is 3.63. The van der Waals surface area contributed by atoms with Crippen molar-refractivity contribution in [2.75, 3.05) is 0 Å². The molecule has 0 spiro atoms. The van der Waals surface area contributed by atoms with Gasteiger partial charge in [-0.3, -0.25) is 0 Å². The quantitative estimate of drug-likeness (QED) is 0.184. The molecule has 10 rings (SSSR count). The Hall–Kier alpha value is -5.92. The van der Waals surface area contributed by atoms with E-state index in [1.54, 1.807) is 12.1 Å². The Labute approximate surface area is 280 Å². The van der Waals surface area contributed by atoms with Gasteiger partial charge in [-0.05, 0) is 77.3 Å². The fraction of sp³-hybridized carbons (Fsp3) is 0. The molecule has 1 aromatic heterocycles. The minimum Gasteiger partial charge on any atom is -0.455 e. The van der Waals surface area contributed by atoms with Crippen molar-refractivity contribution in [3.05, 3.63) is 157 Å². The first-order valence-electron chi connectivity index (χ1n) is 21.8. The lowest BCUT2D eigenvalue weighted by atomic mass is 9.82. The number of furan rings is 1. The van der Waals surface area contributed by atoms with Crippen LogP contribution in [-0.4, -0.2) is 0 Å². The molecule has 0 aliphatic rings. The number of rotatable bonds is 2. The molecule has 1 heteroatoms. The van der Waals surface area contributed by atoms with Gasteiger partial charge in [0, 0.05) is 21.7 Å². The Kier molecular flexibility index (Phi) is 2.94. The fourth-order valence-corrected chi connectivity index (χ4v) is 6.71. The number of fused-ring (bicyclic) bond motifs is 9. The lowest BCUT2D eigenvalue weighted by Crippen LogP contribution is -1.93. The van der Waals surface area contributed by atoms with E-state index in [-0.39, 0.29) is 32.7 Å². The molecule has 0 aliphatic heterocycles. The zero-order chi connectivity index (χ0) is 42.5. The standard InChI is InChI=1S/C44H26O/c1-4-16-30-27(12-1)15-11-23-33(30)40-34-19-7-9-21-36(34)41(37-22-10-8-20-35(37)40)43-31-17-5-3-14-29(31)26-39-42(43)38-25-24-28-13-2-6-18-32(28)44(38)45-39/h1-26H/i1D,4D,7D,8D,9D,10D,11D,12D,15D,16D,19D,20D,21D,22D,23D. The van der Waals surface area contributed by atoms with Gasteiger partial charge in [0.2, 0.25) is 0 Å². The van der Waals surface area contributed by atoms with E-state index < -0.39 is 107 Å². The molecule has 1 nitrogen and oxygen atoms in total. The molecule has 0 bridgehead atoms. The van der Waals surface area contributed by atoms with Crippen LogP contribution in [0.1, 0.15) is 20.6 Å². The molecule has 0 atom stereocenters. The Bertz CT molecular complexity index is 3580. The lowest BCUT2D eigenvalue weighted by Gasteiger charge is -2.20. The Balaban J connectivity index is 1.60. The Morgan fingerprint density at radius 1 is 0.400 bits per heavy atom. The van der Waals surface area contributed by atoms with E-state index in [0.29, 0.717) is 38.3 Å². The summed E-state index contributed by atoms with van der Waals surface area (Å²) in [5.74, 6) is 0. The smallest absolute Gasteiger partial charge is 0.143 e. The van der Waals surface area contributed by atoms with Gasteiger partial charge in [0.05, 0.1) is 20.6 Å². The molecule has 0 saturated heterocycles. The lowest BCUT2D eigenvalue weighted by molar-refractivity contribution is 0.673. The minimum absolute atomic E-state index is 0.0151. The van der Waals surface area contributed by atoms with Gasteiger partial charge >= 0.3 is 0 Å². The maximum atomic E-state index is 9.61. The molecule has 0 fully saturated rings. The predicted molar refractivity (Wildman–Crippen MR) is 192 cm³/mol. The monoisotopic (exact) mass is 585 g/mol. The van der Waals surface area contributed by atoms with Crippen molar-refractivity contribution < 1.29 is 25.0 Å². The molecule has 0 aliphatic carbocycles. The topological polar surface area (TPSA) is 13.1 Å². The molecule has 208 valence electrons. The Morgan fingerprint density at radius 3 is 1.76 bits per heavy atom. The molecular weight excluding hydrogens is 544 g/mol. The molecule has 0 saturated carbocycles. The van der Waals surface area contributed by atoms with Crippen LogP contribution in [-0.2, 0) is 0 Å². The van der Waals surface area contributed by atoms with Crippen molar-refractivity contribution in [2.24, 2.45) is 0 Å². The van der Waals surface area contributed by atoms with Crippen LogP contribution in [0.5, 0.6) is 0 Å². The maximum absolute atomic E-state index is 9.61. The summed E-state index contributed by atoms with van der Waals surface area (Å²) < 4.78 is 143. The highest BCUT2D eigenvalue weighted by Gasteiger charge is 2.23. The van der Waals surface area contributed by atoms with E-state index >= 15 is 0 Å². The largest absolute Gasteiger partial charge is 0.455 e. The predicted octanol–water partition coefficient (Wildman–Crippen LogP) is 12.7. The highest BCUT2D eigenvalue weighted by atomic mass is 16.3. The van der Waals surface area contributed by atoms with Gasteiger partial charge in [0.15, 0.2) is 0 Å². The molecule has 9 aromatic carbocycles. The van der Waals surface area contributed by atoms with Crippen molar-refractivity contribution in [3.8, 4) is 22.3 Å². The summed E-state index contributed by atoms with van der Waals surface area (Å²) >= 11 is 0. The third kappa shape index (κ3) is 3.44. The van der Waals surface area contributed by atoms with Crippen LogP contribution in [0.4, 0.5) is 0 Å². The van der Waals surface area contributed by atoms with Gasteiger partial charge in [0.25, 0.3) is 0 Å². The summed E-state index contributed by atoms with van der Waals surface area (Å²) in [7, 11) is 0. The fourth-order valence-electron chi connectivity index (χ4n) is 6.71. The Morgan fingerprint density at radius 2 is 1.00 bits per heavy atom. The maximum Gasteiger partial charge on any atom is 0.143 e.